The maximum absolute atomic E-state index is 13.4. The van der Waals surface area contributed by atoms with Gasteiger partial charge in [0.2, 0.25) is 0 Å². The average Bonchev–Trinajstić information content (AvgIpc) is 2.95. The van der Waals surface area contributed by atoms with Gasteiger partial charge in [0, 0.05) is 64.0 Å². The van der Waals surface area contributed by atoms with E-state index in [-0.39, 0.29) is 31.9 Å². The topological polar surface area (TPSA) is 161 Å². The van der Waals surface area contributed by atoms with Crippen LogP contribution in [0, 0.1) is 10.1 Å². The Morgan fingerprint density at radius 2 is 0.907 bits per heavy atom. The number of carbonyl (C=O) groups is 4. The minimum absolute atomic E-state index is 0.00514. The summed E-state index contributed by atoms with van der Waals surface area (Å²) in [5.41, 5.74) is -2.08. The summed E-state index contributed by atoms with van der Waals surface area (Å²) in [6.45, 7) is 23.9. The van der Waals surface area contributed by atoms with Crippen LogP contribution >= 0.6 is 0 Å². The first-order valence-corrected chi connectivity index (χ1v) is 18.7. The van der Waals surface area contributed by atoms with Crippen molar-refractivity contribution in [1.82, 2.24) is 19.6 Å². The Morgan fingerprint density at radius 3 is 1.28 bits per heavy atom. The first-order chi connectivity index (χ1) is 24.7. The Balaban J connectivity index is 2.63. The molecule has 0 aromatic heterocycles. The summed E-state index contributed by atoms with van der Waals surface area (Å²) < 4.78 is 22.8. The number of carbonyl (C=O) groups excluding carboxylic acids is 4. The van der Waals surface area contributed by atoms with Crippen LogP contribution in [0.5, 0.6) is 0 Å². The van der Waals surface area contributed by atoms with Crippen LogP contribution in [0.15, 0.2) is 24.3 Å². The van der Waals surface area contributed by atoms with Crippen molar-refractivity contribution in [3.8, 4) is 0 Å². The zero-order chi connectivity index (χ0) is 41.1. The maximum atomic E-state index is 13.4. The number of non-ortho nitro benzene ring substituents is 1. The van der Waals surface area contributed by atoms with E-state index in [1.54, 1.807) is 95.2 Å². The minimum Gasteiger partial charge on any atom is -0.459 e. The highest BCUT2D eigenvalue weighted by atomic mass is 16.6. The molecule has 0 bridgehead atoms. The molecular formula is C39H65N5O10. The summed E-state index contributed by atoms with van der Waals surface area (Å²) in [6.07, 6.45) is 0.374. The lowest BCUT2D eigenvalue weighted by Gasteiger charge is -2.38. The Kier molecular flexibility index (Phi) is 17.0. The second kappa shape index (κ2) is 19.8. The number of ether oxygens (including phenoxy) is 4. The van der Waals surface area contributed by atoms with Crippen molar-refractivity contribution in [3.05, 3.63) is 39.9 Å². The smallest absolute Gasteiger partial charge is 0.320 e. The van der Waals surface area contributed by atoms with Crippen LogP contribution in [0.25, 0.3) is 0 Å². The maximum Gasteiger partial charge on any atom is 0.320 e. The molecule has 0 aliphatic carbocycles. The molecule has 1 heterocycles. The largest absolute Gasteiger partial charge is 0.459 e. The molecule has 0 radical (unpaired) electrons. The fraction of sp³-hybridized carbons (Fsp3) is 0.744. The van der Waals surface area contributed by atoms with Gasteiger partial charge in [-0.1, -0.05) is 12.1 Å². The van der Waals surface area contributed by atoms with Crippen LogP contribution < -0.4 is 0 Å². The summed E-state index contributed by atoms with van der Waals surface area (Å²) in [7, 11) is 0. The Morgan fingerprint density at radius 1 is 0.574 bits per heavy atom. The Labute approximate surface area is 321 Å². The van der Waals surface area contributed by atoms with Crippen molar-refractivity contribution in [3.63, 3.8) is 0 Å². The van der Waals surface area contributed by atoms with E-state index < -0.39 is 57.2 Å². The summed E-state index contributed by atoms with van der Waals surface area (Å²) in [5.74, 6) is -1.67. The van der Waals surface area contributed by atoms with E-state index in [9.17, 15) is 29.3 Å². The van der Waals surface area contributed by atoms with E-state index in [4.69, 9.17) is 18.9 Å². The van der Waals surface area contributed by atoms with Crippen molar-refractivity contribution in [1.29, 1.82) is 0 Å². The molecule has 54 heavy (non-hydrogen) atoms. The number of nitrogens with zero attached hydrogens (tertiary/aromatic N) is 5. The number of benzene rings is 1. The lowest BCUT2D eigenvalue weighted by Crippen LogP contribution is -2.54. The van der Waals surface area contributed by atoms with Crippen LogP contribution in [-0.4, -0.2) is 149 Å². The van der Waals surface area contributed by atoms with E-state index in [0.717, 1.165) is 5.56 Å². The van der Waals surface area contributed by atoms with Gasteiger partial charge in [-0.2, -0.15) is 0 Å². The van der Waals surface area contributed by atoms with Crippen LogP contribution in [0.1, 0.15) is 88.6 Å². The highest BCUT2D eigenvalue weighted by molar-refractivity contribution is 5.73. The van der Waals surface area contributed by atoms with Gasteiger partial charge in [-0.15, -0.1) is 0 Å². The normalized spacial score (nSPS) is 18.2. The zero-order valence-electron chi connectivity index (χ0n) is 34.7. The molecule has 15 nitrogen and oxygen atoms in total. The highest BCUT2D eigenvalue weighted by Gasteiger charge is 2.31. The van der Waals surface area contributed by atoms with Gasteiger partial charge in [0.1, 0.15) is 22.4 Å². The third kappa shape index (κ3) is 20.1. The number of nitro benzene ring substituents is 1. The molecule has 15 heteroatoms. The summed E-state index contributed by atoms with van der Waals surface area (Å²) in [4.78, 5) is 71.7. The molecule has 2 rings (SSSR count). The molecule has 0 spiro atoms. The molecule has 0 amide bonds. The molecule has 1 aromatic carbocycles. The van der Waals surface area contributed by atoms with Gasteiger partial charge in [0.15, 0.2) is 0 Å². The van der Waals surface area contributed by atoms with Gasteiger partial charge in [-0.25, -0.2) is 0 Å². The van der Waals surface area contributed by atoms with Gasteiger partial charge in [-0.3, -0.25) is 48.9 Å². The lowest BCUT2D eigenvalue weighted by molar-refractivity contribution is -0.384. The fourth-order valence-electron chi connectivity index (χ4n) is 5.84. The fourth-order valence-corrected chi connectivity index (χ4v) is 5.84. The SMILES string of the molecule is CC(C)(C)OC(=O)CN1CCN(CC(=O)OC(C)(C)C)CCN(CC(=O)OC(C)(C)C)[C@@H](Cc2ccc([N+](=O)[O-])cc2)CN(CC(=O)OC(C)(C)C)CC1. The number of hydrogen-bond donors (Lipinski definition) is 0. The van der Waals surface area contributed by atoms with Crippen molar-refractivity contribution in [2.24, 2.45) is 0 Å². The second-order valence-corrected chi connectivity index (χ2v) is 17.9. The molecule has 0 N–H and O–H groups in total. The molecule has 1 atom stereocenters. The molecule has 1 aliphatic rings. The van der Waals surface area contributed by atoms with E-state index >= 15 is 0 Å². The highest BCUT2D eigenvalue weighted by Crippen LogP contribution is 2.19. The van der Waals surface area contributed by atoms with Crippen molar-refractivity contribution in [2.75, 3.05) is 72.0 Å². The molecule has 306 valence electrons. The number of hydrogen-bond acceptors (Lipinski definition) is 14. The van der Waals surface area contributed by atoms with E-state index in [1.165, 1.54) is 12.1 Å². The Hall–Kier alpha value is -3.66. The minimum atomic E-state index is -0.736. The summed E-state index contributed by atoms with van der Waals surface area (Å²) in [5, 5.41) is 11.4. The van der Waals surface area contributed by atoms with Gasteiger partial charge >= 0.3 is 23.9 Å². The number of esters is 4. The van der Waals surface area contributed by atoms with Crippen LogP contribution in [0.4, 0.5) is 5.69 Å². The van der Waals surface area contributed by atoms with Crippen molar-refractivity contribution in [2.45, 2.75) is 118 Å². The monoisotopic (exact) mass is 763 g/mol. The van der Waals surface area contributed by atoms with Crippen LogP contribution in [-0.2, 0) is 44.5 Å². The first kappa shape index (κ1) is 46.5. The third-order valence-corrected chi connectivity index (χ3v) is 7.84. The standard InChI is InChI=1S/C39H65N5O10/c1-36(2,3)51-32(45)25-40-17-18-41(26-33(46)52-37(4,5)6)21-22-43(28-35(48)54-39(10,11)12)31(23-29-13-15-30(16-14-29)44(49)50)24-42(20-19-40)27-34(47)53-38(7,8)9/h13-16,31H,17-28H2,1-12H3/t31-/m0/s1. The first-order valence-electron chi connectivity index (χ1n) is 18.7. The van der Waals surface area contributed by atoms with E-state index in [0.29, 0.717) is 52.2 Å². The van der Waals surface area contributed by atoms with Gasteiger partial charge in [0.25, 0.3) is 5.69 Å². The van der Waals surface area contributed by atoms with Crippen LogP contribution in [0.3, 0.4) is 0 Å². The molecule has 0 saturated carbocycles. The van der Waals surface area contributed by atoms with Crippen molar-refractivity contribution >= 4 is 29.6 Å². The van der Waals surface area contributed by atoms with E-state index in [2.05, 4.69) is 0 Å². The zero-order valence-corrected chi connectivity index (χ0v) is 34.7. The third-order valence-electron chi connectivity index (χ3n) is 7.84. The Bertz CT molecular complexity index is 1410. The molecule has 1 saturated heterocycles. The molecular weight excluding hydrogens is 698 g/mol. The predicted octanol–water partition coefficient (Wildman–Crippen LogP) is 4.09. The number of rotatable bonds is 11. The van der Waals surface area contributed by atoms with E-state index in [1.807, 2.05) is 19.6 Å². The molecule has 0 unspecified atom stereocenters. The summed E-state index contributed by atoms with van der Waals surface area (Å²) >= 11 is 0. The number of nitro groups is 1. The average molecular weight is 764 g/mol. The molecule has 1 aromatic rings. The second-order valence-electron chi connectivity index (χ2n) is 17.9. The van der Waals surface area contributed by atoms with Gasteiger partial charge in [0.05, 0.1) is 31.1 Å². The lowest BCUT2D eigenvalue weighted by atomic mass is 10.0. The van der Waals surface area contributed by atoms with Crippen LogP contribution in [0.2, 0.25) is 0 Å². The predicted molar refractivity (Wildman–Crippen MR) is 205 cm³/mol. The quantitative estimate of drug-likeness (QED) is 0.137. The van der Waals surface area contributed by atoms with Gasteiger partial charge < -0.3 is 18.9 Å². The molecule has 1 aliphatic heterocycles. The summed E-state index contributed by atoms with van der Waals surface area (Å²) in [6, 6.07) is 5.87. The van der Waals surface area contributed by atoms with Crippen molar-refractivity contribution < 1.29 is 43.0 Å². The molecule has 1 fully saturated rings. The van der Waals surface area contributed by atoms with Gasteiger partial charge in [-0.05, 0) is 95.1 Å².